The van der Waals surface area contributed by atoms with Crippen LogP contribution in [0.3, 0.4) is 0 Å². The van der Waals surface area contributed by atoms with Gasteiger partial charge in [0.15, 0.2) is 6.67 Å². The fraction of sp³-hybridized carbons (Fsp3) is 0.111. The third-order valence-electron chi connectivity index (χ3n) is 2.07. The van der Waals surface area contributed by atoms with Gasteiger partial charge in [-0.15, -0.1) is 0 Å². The van der Waals surface area contributed by atoms with Gasteiger partial charge in [-0.2, -0.15) is 0 Å². The summed E-state index contributed by atoms with van der Waals surface area (Å²) in [5.74, 6) is 0.380. The number of hydrogen-bond donors (Lipinski definition) is 3. The number of nitrogens with one attached hydrogen (secondary N) is 1. The molecule has 0 amide bonds. The van der Waals surface area contributed by atoms with Crippen molar-refractivity contribution < 1.29 is 21.4 Å². The van der Waals surface area contributed by atoms with E-state index in [9.17, 15) is 4.39 Å². The highest BCUT2D eigenvalue weighted by Gasteiger charge is 2.16. The number of rotatable bonds is 1. The van der Waals surface area contributed by atoms with Crippen molar-refractivity contribution >= 4 is 17.6 Å². The zero-order valence-electron chi connectivity index (χ0n) is 8.32. The average Bonchev–Trinajstić information content (AvgIpc) is 2.20. The largest absolute Gasteiger partial charge is 1.00 e. The highest BCUT2D eigenvalue weighted by atomic mass is 35.5. The minimum Gasteiger partial charge on any atom is -1.00 e. The third kappa shape index (κ3) is 2.40. The van der Waals surface area contributed by atoms with Gasteiger partial charge < -0.3 is 18.1 Å². The Bertz CT molecular complexity index is 440. The summed E-state index contributed by atoms with van der Waals surface area (Å²) in [6.07, 6.45) is 0. The summed E-state index contributed by atoms with van der Waals surface area (Å²) in [6, 6.07) is 5.98. The van der Waals surface area contributed by atoms with E-state index in [2.05, 4.69) is 10.3 Å². The van der Waals surface area contributed by atoms with Crippen LogP contribution in [0.15, 0.2) is 29.3 Å². The Morgan fingerprint density at radius 3 is 2.44 bits per heavy atom. The molecule has 0 fully saturated rings. The topological polar surface area (TPSA) is 79.4 Å². The Morgan fingerprint density at radius 1 is 1.25 bits per heavy atom. The molecule has 0 bridgehead atoms. The number of benzene rings is 1. The van der Waals surface area contributed by atoms with Gasteiger partial charge in [-0.1, -0.05) is 0 Å². The Hall–Kier alpha value is -1.82. The van der Waals surface area contributed by atoms with Gasteiger partial charge in [0.05, 0.1) is 0 Å². The Labute approximate surface area is 98.1 Å². The Morgan fingerprint density at radius 2 is 1.88 bits per heavy atom. The van der Waals surface area contributed by atoms with Gasteiger partial charge >= 0.3 is 5.96 Å². The molecular formula is C9H11ClFN5. The molecule has 7 heteroatoms. The number of aliphatic imine (C=N–C) groups is 1. The maximum Gasteiger partial charge on any atom is 0.357 e. The van der Waals surface area contributed by atoms with E-state index in [1.807, 2.05) is 0 Å². The molecule has 0 unspecified atom stereocenters. The lowest BCUT2D eigenvalue weighted by Crippen LogP contribution is -3.00. The van der Waals surface area contributed by atoms with Crippen molar-refractivity contribution in [1.29, 1.82) is 0 Å². The summed E-state index contributed by atoms with van der Waals surface area (Å²) < 4.78 is 14.4. The third-order valence-corrected chi connectivity index (χ3v) is 2.07. The maximum atomic E-state index is 12.7. The van der Waals surface area contributed by atoms with Crippen molar-refractivity contribution in [3.05, 3.63) is 30.1 Å². The molecule has 0 radical (unpaired) electrons. The lowest BCUT2D eigenvalue weighted by Gasteiger charge is -2.13. The van der Waals surface area contributed by atoms with Crippen molar-refractivity contribution in [3.63, 3.8) is 0 Å². The van der Waals surface area contributed by atoms with E-state index in [0.717, 1.165) is 5.69 Å². The molecule has 0 aliphatic carbocycles. The van der Waals surface area contributed by atoms with E-state index in [1.165, 1.54) is 12.1 Å². The first-order valence-electron chi connectivity index (χ1n) is 4.39. The van der Waals surface area contributed by atoms with Gasteiger partial charge in [0.1, 0.15) is 11.5 Å². The van der Waals surface area contributed by atoms with Gasteiger partial charge in [-0.3, -0.25) is 5.73 Å². The number of nitrogens with two attached hydrogens (primary N) is 2. The molecule has 0 saturated carbocycles. The molecule has 1 aromatic rings. The first kappa shape index (κ1) is 12.3. The molecule has 5 nitrogen and oxygen atoms in total. The van der Waals surface area contributed by atoms with Crippen molar-refractivity contribution in [2.24, 2.45) is 16.5 Å². The summed E-state index contributed by atoms with van der Waals surface area (Å²) in [6.45, 7) is 0.330. The highest BCUT2D eigenvalue weighted by molar-refractivity contribution is 5.96. The van der Waals surface area contributed by atoms with E-state index in [1.54, 1.807) is 16.7 Å². The van der Waals surface area contributed by atoms with E-state index in [-0.39, 0.29) is 24.2 Å². The van der Waals surface area contributed by atoms with E-state index in [4.69, 9.17) is 11.5 Å². The van der Waals surface area contributed by atoms with Crippen LogP contribution < -0.4 is 29.2 Å². The number of halogens is 2. The van der Waals surface area contributed by atoms with Gasteiger partial charge in [0, 0.05) is 0 Å². The van der Waals surface area contributed by atoms with Crippen LogP contribution in [0.2, 0.25) is 0 Å². The highest BCUT2D eigenvalue weighted by Crippen LogP contribution is 2.12. The zero-order valence-corrected chi connectivity index (χ0v) is 9.08. The lowest BCUT2D eigenvalue weighted by molar-refractivity contribution is -0.443. The first-order chi connectivity index (χ1) is 7.16. The first-order valence-corrected chi connectivity index (χ1v) is 4.39. The van der Waals surface area contributed by atoms with Gasteiger partial charge in [-0.05, 0) is 24.3 Å². The number of nitrogens with zero attached hydrogens (tertiary/aromatic N) is 2. The Kier molecular flexibility index (Phi) is 3.68. The van der Waals surface area contributed by atoms with Crippen LogP contribution in [0.25, 0.3) is 0 Å². The molecule has 16 heavy (non-hydrogen) atoms. The predicted octanol–water partition coefficient (Wildman–Crippen LogP) is -3.34. The molecule has 1 aliphatic heterocycles. The summed E-state index contributed by atoms with van der Waals surface area (Å²) >= 11 is 0. The monoisotopic (exact) mass is 243 g/mol. The van der Waals surface area contributed by atoms with Crippen LogP contribution in [0, 0.1) is 5.82 Å². The van der Waals surface area contributed by atoms with Crippen molar-refractivity contribution in [2.45, 2.75) is 0 Å². The molecule has 1 heterocycles. The number of guanidine groups is 2. The minimum absolute atomic E-state index is 0. The Balaban J connectivity index is 0.00000128. The summed E-state index contributed by atoms with van der Waals surface area (Å²) in [5, 5.41) is 2.70. The van der Waals surface area contributed by atoms with Gasteiger partial charge in [-0.25, -0.2) is 19.3 Å². The molecule has 86 valence electrons. The fourth-order valence-electron chi connectivity index (χ4n) is 1.30. The molecule has 0 saturated heterocycles. The van der Waals surface area contributed by atoms with Crippen molar-refractivity contribution in [3.8, 4) is 0 Å². The summed E-state index contributed by atoms with van der Waals surface area (Å²) in [7, 11) is 0. The van der Waals surface area contributed by atoms with Crippen LogP contribution in [0.5, 0.6) is 0 Å². The van der Waals surface area contributed by atoms with Crippen LogP contribution >= 0.6 is 0 Å². The van der Waals surface area contributed by atoms with E-state index >= 15 is 0 Å². The average molecular weight is 244 g/mol. The summed E-state index contributed by atoms with van der Waals surface area (Å²) in [5.41, 5.74) is 11.9. The molecule has 5 N–H and O–H groups in total. The number of hydrogen-bond acceptors (Lipinski definition) is 4. The molecular weight excluding hydrogens is 233 g/mol. The molecule has 1 aliphatic rings. The van der Waals surface area contributed by atoms with E-state index < -0.39 is 0 Å². The van der Waals surface area contributed by atoms with Crippen molar-refractivity contribution in [2.75, 3.05) is 6.67 Å². The predicted molar refractivity (Wildman–Crippen MR) is 55.1 cm³/mol. The fourth-order valence-corrected chi connectivity index (χ4v) is 1.30. The second-order valence-corrected chi connectivity index (χ2v) is 3.10. The van der Waals surface area contributed by atoms with Crippen LogP contribution in [-0.4, -0.2) is 23.2 Å². The SMILES string of the molecule is NC1=NC[N+](c2ccc(F)cc2)=C(N)N1.[Cl-]. The van der Waals surface area contributed by atoms with Gasteiger partial charge in [0.25, 0.3) is 5.96 Å². The van der Waals surface area contributed by atoms with Crippen LogP contribution in [-0.2, 0) is 0 Å². The minimum atomic E-state index is -0.287. The zero-order chi connectivity index (χ0) is 10.8. The van der Waals surface area contributed by atoms with Crippen LogP contribution in [0.4, 0.5) is 10.1 Å². The quantitative estimate of drug-likeness (QED) is 0.452. The maximum absolute atomic E-state index is 12.7. The summed E-state index contributed by atoms with van der Waals surface area (Å²) in [4.78, 5) is 3.98. The standard InChI is InChI=1S/C9H10FN5.ClH/c10-6-1-3-7(4-2-6)15-5-13-8(11)14-9(15)12;/h1-4H,5H2,(H4,11,12,13,14);1H. The van der Waals surface area contributed by atoms with Gasteiger partial charge in [0.2, 0.25) is 0 Å². The lowest BCUT2D eigenvalue weighted by atomic mass is 10.3. The van der Waals surface area contributed by atoms with Crippen LogP contribution in [0.1, 0.15) is 0 Å². The van der Waals surface area contributed by atoms with E-state index in [0.29, 0.717) is 12.6 Å². The smallest absolute Gasteiger partial charge is 0.357 e. The molecule has 1 aromatic carbocycles. The second kappa shape index (κ2) is 4.80. The molecule has 0 atom stereocenters. The molecule has 2 rings (SSSR count). The molecule has 0 spiro atoms. The normalized spacial score (nSPS) is 14.9. The second-order valence-electron chi connectivity index (χ2n) is 3.10. The molecule has 0 aromatic heterocycles. The van der Waals surface area contributed by atoms with Crippen molar-refractivity contribution in [1.82, 2.24) is 5.32 Å².